The van der Waals surface area contributed by atoms with Crippen molar-refractivity contribution in [1.82, 2.24) is 4.57 Å². The molecule has 0 aliphatic carbocycles. The number of fused-ring (bicyclic) bond motifs is 11. The average Bonchev–Trinajstić information content (AvgIpc) is 3.84. The van der Waals surface area contributed by atoms with E-state index in [-0.39, 0.29) is 6.04 Å². The fourth-order valence-electron chi connectivity index (χ4n) is 7.85. The quantitative estimate of drug-likeness (QED) is 0.203. The molecule has 1 N–H and O–H groups in total. The molecule has 3 aromatic heterocycles. The normalized spacial score (nSPS) is 14.6. The second kappa shape index (κ2) is 10.2. The number of aromatic nitrogens is 1. The van der Waals surface area contributed by atoms with Gasteiger partial charge in [-0.15, -0.1) is 11.3 Å². The number of aliphatic imine (C=N–C) groups is 1. The smallest absolute Gasteiger partial charge is 0.208 e. The van der Waals surface area contributed by atoms with E-state index in [2.05, 4.69) is 155 Å². The highest BCUT2D eigenvalue weighted by Gasteiger charge is 2.28. The molecule has 0 fully saturated rings. The molecule has 5 heteroatoms. The number of furan rings is 1. The molecule has 4 heterocycles. The van der Waals surface area contributed by atoms with E-state index in [4.69, 9.17) is 9.41 Å². The van der Waals surface area contributed by atoms with Gasteiger partial charge in [-0.2, -0.15) is 0 Å². The number of nitrogens with zero attached hydrogens (tertiary/aromatic N) is 2. The molecule has 0 amide bonds. The van der Waals surface area contributed by atoms with Gasteiger partial charge in [0.1, 0.15) is 17.2 Å². The monoisotopic (exact) mass is 645 g/mol. The predicted octanol–water partition coefficient (Wildman–Crippen LogP) is 12.1. The largest absolute Gasteiger partial charge is 0.455 e. The van der Waals surface area contributed by atoms with Crippen LogP contribution in [0.1, 0.15) is 17.2 Å². The maximum absolute atomic E-state index is 6.64. The van der Waals surface area contributed by atoms with Crippen LogP contribution in [0.15, 0.2) is 161 Å². The molecule has 11 rings (SSSR count). The number of para-hydroxylation sites is 2. The molecule has 49 heavy (non-hydrogen) atoms. The molecule has 0 saturated carbocycles. The third kappa shape index (κ3) is 3.88. The zero-order chi connectivity index (χ0) is 32.1. The fraction of sp³-hybridized carbons (Fsp3) is 0.0227. The number of anilines is 1. The minimum atomic E-state index is -0.191. The summed E-state index contributed by atoms with van der Waals surface area (Å²) in [6.45, 7) is 0. The molecule has 1 aliphatic heterocycles. The van der Waals surface area contributed by atoms with E-state index in [1.807, 2.05) is 17.4 Å². The molecule has 1 atom stereocenters. The lowest BCUT2D eigenvalue weighted by molar-refractivity contribution is 0.673. The average molecular weight is 646 g/mol. The Labute approximate surface area is 285 Å². The summed E-state index contributed by atoms with van der Waals surface area (Å²) in [6, 6.07) is 53.9. The lowest BCUT2D eigenvalue weighted by Crippen LogP contribution is -2.27. The number of thiophene rings is 1. The van der Waals surface area contributed by atoms with E-state index < -0.39 is 0 Å². The Hall–Kier alpha value is -6.17. The Morgan fingerprint density at radius 2 is 1.33 bits per heavy atom. The molecule has 10 aromatic rings. The van der Waals surface area contributed by atoms with Crippen LogP contribution in [0.25, 0.3) is 75.0 Å². The van der Waals surface area contributed by atoms with Gasteiger partial charge in [-0.3, -0.25) is 4.57 Å². The highest BCUT2D eigenvalue weighted by Crippen LogP contribution is 2.45. The molecule has 7 aromatic carbocycles. The van der Waals surface area contributed by atoms with Gasteiger partial charge in [-0.1, -0.05) is 115 Å². The first-order chi connectivity index (χ1) is 24.3. The summed E-state index contributed by atoms with van der Waals surface area (Å²) in [5.41, 5.74) is 9.70. The van der Waals surface area contributed by atoms with Gasteiger partial charge in [-0.05, 0) is 53.1 Å². The first kappa shape index (κ1) is 26.9. The standard InChI is InChI=1S/C44H27N3OS/c1-2-11-26(12-3-1)27-21-22-33-37(25-27)47(36-24-23-30-28-13-5-8-19-38(28)48-42(30)40(33)36)44-45-35-18-7-4-15-32(35)41(46-44)34-17-10-16-31-29-14-6-9-20-39(29)49-43(31)34/h1-25,41H,(H,45,46). The molecule has 4 nitrogen and oxygen atoms in total. The lowest BCUT2D eigenvalue weighted by atomic mass is 9.95. The number of hydrogen-bond acceptors (Lipinski definition) is 4. The van der Waals surface area contributed by atoms with E-state index in [1.54, 1.807) is 0 Å². The molecule has 230 valence electrons. The molecular formula is C44H27N3OS. The molecule has 0 spiro atoms. The van der Waals surface area contributed by atoms with Crippen LogP contribution in [0.3, 0.4) is 0 Å². The van der Waals surface area contributed by atoms with Crippen molar-refractivity contribution in [2.45, 2.75) is 6.04 Å². The maximum Gasteiger partial charge on any atom is 0.208 e. The van der Waals surface area contributed by atoms with E-state index >= 15 is 0 Å². The first-order valence-electron chi connectivity index (χ1n) is 16.6. The predicted molar refractivity (Wildman–Crippen MR) is 206 cm³/mol. The molecule has 0 radical (unpaired) electrons. The van der Waals surface area contributed by atoms with Gasteiger partial charge in [0, 0.05) is 47.6 Å². The van der Waals surface area contributed by atoms with Gasteiger partial charge in [0.15, 0.2) is 0 Å². The molecule has 0 bridgehead atoms. The van der Waals surface area contributed by atoms with Gasteiger partial charge < -0.3 is 9.73 Å². The van der Waals surface area contributed by atoms with E-state index in [9.17, 15) is 0 Å². The summed E-state index contributed by atoms with van der Waals surface area (Å²) < 4.78 is 11.5. The van der Waals surface area contributed by atoms with Crippen LogP contribution >= 0.6 is 11.3 Å². The van der Waals surface area contributed by atoms with Crippen LogP contribution in [-0.2, 0) is 0 Å². The Morgan fingerprint density at radius 3 is 2.27 bits per heavy atom. The number of hydrogen-bond donors (Lipinski definition) is 1. The van der Waals surface area contributed by atoms with E-state index in [0.717, 1.165) is 61.0 Å². The van der Waals surface area contributed by atoms with Crippen LogP contribution in [-0.4, -0.2) is 10.5 Å². The van der Waals surface area contributed by atoms with E-state index in [0.29, 0.717) is 0 Å². The topological polar surface area (TPSA) is 42.5 Å². The van der Waals surface area contributed by atoms with E-state index in [1.165, 1.54) is 36.9 Å². The summed E-state index contributed by atoms with van der Waals surface area (Å²) >= 11 is 1.85. The zero-order valence-corrected chi connectivity index (χ0v) is 27.0. The summed E-state index contributed by atoms with van der Waals surface area (Å²) in [4.78, 5) is 5.63. The van der Waals surface area contributed by atoms with Crippen LogP contribution in [0.5, 0.6) is 0 Å². The van der Waals surface area contributed by atoms with Crippen molar-refractivity contribution >= 4 is 86.9 Å². The summed E-state index contributed by atoms with van der Waals surface area (Å²) in [5, 5.41) is 10.8. The second-order valence-corrected chi connectivity index (χ2v) is 13.8. The van der Waals surface area contributed by atoms with Gasteiger partial charge in [0.05, 0.1) is 16.4 Å². The van der Waals surface area contributed by atoms with Gasteiger partial charge in [-0.25, -0.2) is 4.99 Å². The van der Waals surface area contributed by atoms with Crippen LogP contribution < -0.4 is 5.32 Å². The summed E-state index contributed by atoms with van der Waals surface area (Å²) in [7, 11) is 0. The minimum absolute atomic E-state index is 0.191. The highest BCUT2D eigenvalue weighted by molar-refractivity contribution is 7.26. The Bertz CT molecular complexity index is 2980. The van der Waals surface area contributed by atoms with Crippen molar-refractivity contribution in [1.29, 1.82) is 0 Å². The fourth-order valence-corrected chi connectivity index (χ4v) is 9.09. The van der Waals surface area contributed by atoms with Crippen molar-refractivity contribution in [3.8, 4) is 11.1 Å². The third-order valence-corrected chi connectivity index (χ3v) is 11.3. The van der Waals surface area contributed by atoms with Crippen molar-refractivity contribution in [2.75, 3.05) is 5.32 Å². The number of nitrogens with one attached hydrogen (secondary N) is 1. The van der Waals surface area contributed by atoms with Crippen molar-refractivity contribution in [3.63, 3.8) is 0 Å². The van der Waals surface area contributed by atoms with Crippen LogP contribution in [0.4, 0.5) is 5.69 Å². The SMILES string of the molecule is c1ccc(-c2ccc3c4c5oc6ccccc6c5ccc4n(C4=NC(c5cccc6c5sc5ccccc56)c5ccccc5N4)c3c2)cc1. The lowest BCUT2D eigenvalue weighted by Gasteiger charge is -2.27. The Morgan fingerprint density at radius 1 is 0.571 bits per heavy atom. The van der Waals surface area contributed by atoms with Crippen molar-refractivity contribution in [2.24, 2.45) is 4.99 Å². The Balaban J connectivity index is 1.22. The third-order valence-electron chi connectivity index (χ3n) is 10.1. The molecule has 1 unspecified atom stereocenters. The van der Waals surface area contributed by atoms with Crippen molar-refractivity contribution in [3.05, 3.63) is 163 Å². The highest BCUT2D eigenvalue weighted by atomic mass is 32.1. The number of benzene rings is 7. The second-order valence-electron chi connectivity index (χ2n) is 12.8. The number of rotatable bonds is 2. The first-order valence-corrected chi connectivity index (χ1v) is 17.4. The molecule has 1 aliphatic rings. The van der Waals surface area contributed by atoms with Crippen molar-refractivity contribution < 1.29 is 4.42 Å². The van der Waals surface area contributed by atoms with Gasteiger partial charge in [0.25, 0.3) is 0 Å². The minimum Gasteiger partial charge on any atom is -0.455 e. The molecular weight excluding hydrogens is 619 g/mol. The summed E-state index contributed by atoms with van der Waals surface area (Å²) in [6.07, 6.45) is 0. The maximum atomic E-state index is 6.64. The van der Waals surface area contributed by atoms with Gasteiger partial charge in [0.2, 0.25) is 5.96 Å². The Kier molecular flexibility index (Phi) is 5.57. The summed E-state index contributed by atoms with van der Waals surface area (Å²) in [5.74, 6) is 0.794. The zero-order valence-electron chi connectivity index (χ0n) is 26.2. The van der Waals surface area contributed by atoms with Crippen LogP contribution in [0.2, 0.25) is 0 Å². The van der Waals surface area contributed by atoms with Crippen LogP contribution in [0, 0.1) is 0 Å². The van der Waals surface area contributed by atoms with Gasteiger partial charge >= 0.3 is 0 Å². The molecule has 0 saturated heterocycles.